The van der Waals surface area contributed by atoms with Crippen molar-refractivity contribution in [2.24, 2.45) is 0 Å². The molecule has 5 rings (SSSR count). The number of nitrogens with zero attached hydrogens (tertiary/aromatic N) is 4. The highest BCUT2D eigenvalue weighted by Gasteiger charge is 2.36. The third-order valence-electron chi connectivity index (χ3n) is 6.49. The lowest BCUT2D eigenvalue weighted by atomic mass is 9.98. The normalized spacial score (nSPS) is 12.8. The van der Waals surface area contributed by atoms with Gasteiger partial charge in [0.15, 0.2) is 9.84 Å². The Bertz CT molecular complexity index is 1880. The van der Waals surface area contributed by atoms with Crippen LogP contribution in [0, 0.1) is 6.92 Å². The Morgan fingerprint density at radius 3 is 2.42 bits per heavy atom. The fourth-order valence-corrected chi connectivity index (χ4v) is 5.58. The molecule has 0 unspecified atom stereocenters. The van der Waals surface area contributed by atoms with Gasteiger partial charge in [0, 0.05) is 46.1 Å². The number of benzene rings is 2. The standard InChI is InChI=1S/C28H26F3N5O3S/c1-16-19(6-7-23-21(16)14-34-36(23)15-27(2,3)37)26-20-12-25(33-13-17(20)9-10-32-26)35-18-5-8-24(40(4,38)39)22(11-18)28(29,30)31/h5-14,37H,15H2,1-4H3,(H,33,35). The van der Waals surface area contributed by atoms with Crippen LogP contribution in [0.2, 0.25) is 0 Å². The average Bonchev–Trinajstić information content (AvgIpc) is 3.25. The molecule has 0 radical (unpaired) electrons. The Hall–Kier alpha value is -4.03. The summed E-state index contributed by atoms with van der Waals surface area (Å²) in [5, 5.41) is 19.9. The second kappa shape index (κ2) is 9.56. The van der Waals surface area contributed by atoms with Crippen LogP contribution in [0.3, 0.4) is 0 Å². The summed E-state index contributed by atoms with van der Waals surface area (Å²) in [4.78, 5) is 8.15. The fourth-order valence-electron chi connectivity index (χ4n) is 4.69. The van der Waals surface area contributed by atoms with Crippen molar-refractivity contribution >= 4 is 43.0 Å². The van der Waals surface area contributed by atoms with E-state index in [-0.39, 0.29) is 11.5 Å². The van der Waals surface area contributed by atoms with E-state index in [1.807, 2.05) is 19.1 Å². The van der Waals surface area contributed by atoms with Gasteiger partial charge in [0.2, 0.25) is 0 Å². The second-order valence-electron chi connectivity index (χ2n) is 10.3. The number of halogens is 3. The minimum atomic E-state index is -4.86. The molecule has 0 fully saturated rings. The lowest BCUT2D eigenvalue weighted by Gasteiger charge is -2.18. The number of hydrogen-bond donors (Lipinski definition) is 2. The van der Waals surface area contributed by atoms with E-state index in [1.54, 1.807) is 49.3 Å². The summed E-state index contributed by atoms with van der Waals surface area (Å²) < 4.78 is 66.5. The van der Waals surface area contributed by atoms with Gasteiger partial charge < -0.3 is 10.4 Å². The van der Waals surface area contributed by atoms with Gasteiger partial charge in [0.1, 0.15) is 5.82 Å². The molecule has 0 spiro atoms. The maximum atomic E-state index is 13.6. The lowest BCUT2D eigenvalue weighted by molar-refractivity contribution is -0.139. The molecule has 0 amide bonds. The highest BCUT2D eigenvalue weighted by molar-refractivity contribution is 7.90. The first-order valence-corrected chi connectivity index (χ1v) is 14.1. The van der Waals surface area contributed by atoms with Crippen LogP contribution in [-0.2, 0) is 22.6 Å². The molecule has 12 heteroatoms. The van der Waals surface area contributed by atoms with Crippen LogP contribution < -0.4 is 5.32 Å². The van der Waals surface area contributed by atoms with Crippen LogP contribution in [0.15, 0.2) is 66.0 Å². The molecule has 208 valence electrons. The van der Waals surface area contributed by atoms with E-state index in [4.69, 9.17) is 0 Å². The Balaban J connectivity index is 1.57. The molecule has 0 saturated heterocycles. The molecular weight excluding hydrogens is 543 g/mol. The molecule has 3 aromatic heterocycles. The van der Waals surface area contributed by atoms with E-state index < -0.39 is 32.1 Å². The van der Waals surface area contributed by atoms with E-state index in [9.17, 15) is 26.7 Å². The number of fused-ring (bicyclic) bond motifs is 2. The van der Waals surface area contributed by atoms with Crippen molar-refractivity contribution in [3.8, 4) is 11.3 Å². The Morgan fingerprint density at radius 1 is 1.00 bits per heavy atom. The number of sulfone groups is 1. The van der Waals surface area contributed by atoms with Crippen molar-refractivity contribution in [1.82, 2.24) is 19.7 Å². The van der Waals surface area contributed by atoms with E-state index in [0.717, 1.165) is 51.2 Å². The summed E-state index contributed by atoms with van der Waals surface area (Å²) in [6, 6.07) is 10.3. The summed E-state index contributed by atoms with van der Waals surface area (Å²) in [6.45, 7) is 5.71. The number of alkyl halides is 3. The minimum absolute atomic E-state index is 0.0360. The van der Waals surface area contributed by atoms with Crippen molar-refractivity contribution in [2.45, 2.75) is 44.0 Å². The van der Waals surface area contributed by atoms with Crippen LogP contribution >= 0.6 is 0 Å². The monoisotopic (exact) mass is 569 g/mol. The quantitative estimate of drug-likeness (QED) is 0.262. The number of aryl methyl sites for hydroxylation is 1. The van der Waals surface area contributed by atoms with Gasteiger partial charge in [0.05, 0.1) is 40.0 Å². The summed E-state index contributed by atoms with van der Waals surface area (Å²) in [6.07, 6.45) is 0.877. The highest BCUT2D eigenvalue weighted by atomic mass is 32.2. The van der Waals surface area contributed by atoms with Crippen molar-refractivity contribution in [2.75, 3.05) is 11.6 Å². The SMILES string of the molecule is Cc1c(-c2nccc3cnc(Nc4ccc(S(C)(=O)=O)c(C(F)(F)F)c4)cc23)ccc2c1cnn2CC(C)(C)O. The molecule has 0 bridgehead atoms. The van der Waals surface area contributed by atoms with Crippen LogP contribution in [0.5, 0.6) is 0 Å². The molecule has 2 N–H and O–H groups in total. The predicted octanol–water partition coefficient (Wildman–Crippen LogP) is 5.89. The first-order chi connectivity index (χ1) is 18.6. The van der Waals surface area contributed by atoms with E-state index in [1.165, 1.54) is 6.07 Å². The van der Waals surface area contributed by atoms with Gasteiger partial charge >= 0.3 is 6.18 Å². The zero-order chi connectivity index (χ0) is 29.0. The van der Waals surface area contributed by atoms with Crippen molar-refractivity contribution in [3.63, 3.8) is 0 Å². The van der Waals surface area contributed by atoms with Crippen LogP contribution in [0.4, 0.5) is 24.7 Å². The van der Waals surface area contributed by atoms with Gasteiger partial charge in [-0.15, -0.1) is 0 Å². The fraction of sp³-hybridized carbons (Fsp3) is 0.250. The number of aromatic nitrogens is 4. The second-order valence-corrected chi connectivity index (χ2v) is 12.3. The molecule has 8 nitrogen and oxygen atoms in total. The van der Waals surface area contributed by atoms with Gasteiger partial charge in [0.25, 0.3) is 0 Å². The number of hydrogen-bond acceptors (Lipinski definition) is 7. The topological polar surface area (TPSA) is 110 Å². The van der Waals surface area contributed by atoms with Crippen LogP contribution in [-0.4, -0.2) is 45.1 Å². The molecular formula is C28H26F3N5O3S. The average molecular weight is 570 g/mol. The Morgan fingerprint density at radius 2 is 1.75 bits per heavy atom. The molecule has 0 atom stereocenters. The zero-order valence-electron chi connectivity index (χ0n) is 22.1. The smallest absolute Gasteiger partial charge is 0.389 e. The maximum absolute atomic E-state index is 13.6. The van der Waals surface area contributed by atoms with Crippen molar-refractivity contribution in [1.29, 1.82) is 0 Å². The molecule has 3 heterocycles. The van der Waals surface area contributed by atoms with Crippen LogP contribution in [0.25, 0.3) is 32.9 Å². The molecule has 0 saturated carbocycles. The lowest BCUT2D eigenvalue weighted by Crippen LogP contribution is -2.26. The number of pyridine rings is 2. The van der Waals surface area contributed by atoms with Gasteiger partial charge in [-0.1, -0.05) is 6.07 Å². The highest BCUT2D eigenvalue weighted by Crippen LogP contribution is 2.37. The minimum Gasteiger partial charge on any atom is -0.389 e. The Kier molecular flexibility index (Phi) is 6.58. The molecule has 0 aliphatic heterocycles. The largest absolute Gasteiger partial charge is 0.417 e. The van der Waals surface area contributed by atoms with E-state index in [0.29, 0.717) is 12.2 Å². The molecule has 0 aliphatic carbocycles. The number of aliphatic hydroxyl groups is 1. The van der Waals surface area contributed by atoms with Crippen LogP contribution in [0.1, 0.15) is 25.0 Å². The first-order valence-electron chi connectivity index (χ1n) is 12.2. The van der Waals surface area contributed by atoms with Gasteiger partial charge in [-0.2, -0.15) is 18.3 Å². The third-order valence-corrected chi connectivity index (χ3v) is 7.65. The van der Waals surface area contributed by atoms with E-state index >= 15 is 0 Å². The molecule has 0 aliphatic rings. The summed E-state index contributed by atoms with van der Waals surface area (Å²) in [5.74, 6) is 0.263. The molecule has 40 heavy (non-hydrogen) atoms. The number of anilines is 2. The summed E-state index contributed by atoms with van der Waals surface area (Å²) in [5.41, 5.74) is 1.13. The van der Waals surface area contributed by atoms with E-state index in [2.05, 4.69) is 20.4 Å². The van der Waals surface area contributed by atoms with Gasteiger partial charge in [-0.3, -0.25) is 9.67 Å². The first kappa shape index (κ1) is 27.5. The Labute approximate surface area is 228 Å². The third kappa shape index (κ3) is 5.36. The summed E-state index contributed by atoms with van der Waals surface area (Å²) in [7, 11) is -4.09. The number of rotatable bonds is 6. The van der Waals surface area contributed by atoms with Gasteiger partial charge in [-0.25, -0.2) is 13.4 Å². The maximum Gasteiger partial charge on any atom is 0.417 e. The van der Waals surface area contributed by atoms with Crippen molar-refractivity contribution in [3.05, 3.63) is 72.2 Å². The van der Waals surface area contributed by atoms with Crippen molar-refractivity contribution < 1.29 is 26.7 Å². The predicted molar refractivity (Wildman–Crippen MR) is 147 cm³/mol. The number of nitrogens with one attached hydrogen (secondary N) is 1. The molecule has 5 aromatic rings. The van der Waals surface area contributed by atoms with Gasteiger partial charge in [-0.05, 0) is 62.7 Å². The summed E-state index contributed by atoms with van der Waals surface area (Å²) >= 11 is 0. The molecule has 2 aromatic carbocycles. The zero-order valence-corrected chi connectivity index (χ0v) is 22.9.